The molecular formula is C15H22O3. The first-order valence-electron chi connectivity index (χ1n) is 6.41. The number of aliphatic carboxylic acids is 1. The lowest BCUT2D eigenvalue weighted by atomic mass is 9.89. The van der Waals surface area contributed by atoms with Crippen LogP contribution < -0.4 is 0 Å². The number of carboxylic acids is 1. The highest BCUT2D eigenvalue weighted by Crippen LogP contribution is 2.35. The van der Waals surface area contributed by atoms with Gasteiger partial charge in [-0.05, 0) is 34.9 Å². The second-order valence-corrected chi connectivity index (χ2v) is 5.27. The Bertz CT molecular complexity index is 434. The van der Waals surface area contributed by atoms with Crippen LogP contribution in [0.1, 0.15) is 62.6 Å². The lowest BCUT2D eigenvalue weighted by Crippen LogP contribution is -2.04. The van der Waals surface area contributed by atoms with E-state index < -0.39 is 5.97 Å². The molecule has 0 saturated carbocycles. The van der Waals surface area contributed by atoms with Crippen molar-refractivity contribution in [2.75, 3.05) is 0 Å². The van der Waals surface area contributed by atoms with Gasteiger partial charge in [0.05, 0.1) is 0 Å². The van der Waals surface area contributed by atoms with Crippen LogP contribution >= 0.6 is 0 Å². The molecule has 0 spiro atoms. The quantitative estimate of drug-likeness (QED) is 0.838. The molecule has 0 atom stereocenters. The monoisotopic (exact) mass is 250 g/mol. The molecule has 1 rings (SSSR count). The molecule has 1 aromatic rings. The highest BCUT2D eigenvalue weighted by molar-refractivity contribution is 5.67. The number of carboxylic acid groups (broad SMARTS) is 1. The molecule has 0 fully saturated rings. The van der Waals surface area contributed by atoms with Gasteiger partial charge in [0.1, 0.15) is 5.75 Å². The average molecular weight is 250 g/mol. The summed E-state index contributed by atoms with van der Waals surface area (Å²) in [5.41, 5.74) is 2.72. The lowest BCUT2D eigenvalue weighted by Gasteiger charge is -2.18. The maximum atomic E-state index is 10.7. The number of hydrogen-bond donors (Lipinski definition) is 2. The van der Waals surface area contributed by atoms with Gasteiger partial charge in [0.15, 0.2) is 0 Å². The molecule has 0 saturated heterocycles. The molecule has 0 bridgehead atoms. The molecule has 0 aromatic heterocycles. The molecule has 0 amide bonds. The Labute approximate surface area is 108 Å². The van der Waals surface area contributed by atoms with Gasteiger partial charge in [-0.2, -0.15) is 0 Å². The minimum Gasteiger partial charge on any atom is -0.507 e. The number of phenolic OH excluding ortho intramolecular Hbond substituents is 1. The molecule has 3 heteroatoms. The van der Waals surface area contributed by atoms with Crippen molar-refractivity contribution in [3.05, 3.63) is 28.8 Å². The van der Waals surface area contributed by atoms with Crippen LogP contribution in [0.2, 0.25) is 0 Å². The van der Waals surface area contributed by atoms with Crippen molar-refractivity contribution in [1.82, 2.24) is 0 Å². The summed E-state index contributed by atoms with van der Waals surface area (Å²) in [6.07, 6.45) is 0.435. The molecule has 0 unspecified atom stereocenters. The molecule has 0 radical (unpaired) electrons. The van der Waals surface area contributed by atoms with E-state index in [1.54, 1.807) is 0 Å². The molecule has 2 N–H and O–H groups in total. The van der Waals surface area contributed by atoms with E-state index in [9.17, 15) is 9.90 Å². The van der Waals surface area contributed by atoms with E-state index in [-0.39, 0.29) is 24.0 Å². The largest absolute Gasteiger partial charge is 0.507 e. The van der Waals surface area contributed by atoms with Crippen molar-refractivity contribution in [1.29, 1.82) is 0 Å². The van der Waals surface area contributed by atoms with E-state index in [0.29, 0.717) is 6.42 Å². The molecule has 0 aliphatic rings. The van der Waals surface area contributed by atoms with Gasteiger partial charge in [0.25, 0.3) is 0 Å². The third-order valence-corrected chi connectivity index (χ3v) is 3.18. The minimum absolute atomic E-state index is 0.0504. The molecule has 18 heavy (non-hydrogen) atoms. The van der Waals surface area contributed by atoms with Crippen molar-refractivity contribution in [2.45, 2.75) is 52.4 Å². The maximum Gasteiger partial charge on any atom is 0.303 e. The summed E-state index contributed by atoms with van der Waals surface area (Å²) in [4.78, 5) is 10.7. The SMILES string of the molecule is CC(C)c1ccc(C(C)C)c(CCC(=O)O)c1O. The van der Waals surface area contributed by atoms with Gasteiger partial charge in [-0.25, -0.2) is 0 Å². The van der Waals surface area contributed by atoms with Crippen molar-refractivity contribution in [3.63, 3.8) is 0 Å². The molecule has 0 aliphatic carbocycles. The van der Waals surface area contributed by atoms with Gasteiger partial charge in [0.2, 0.25) is 0 Å². The lowest BCUT2D eigenvalue weighted by molar-refractivity contribution is -0.136. The van der Waals surface area contributed by atoms with E-state index in [0.717, 1.165) is 16.7 Å². The van der Waals surface area contributed by atoms with Crippen LogP contribution in [0.15, 0.2) is 12.1 Å². The fraction of sp³-hybridized carbons (Fsp3) is 0.533. The Hall–Kier alpha value is -1.51. The summed E-state index contributed by atoms with van der Waals surface area (Å²) < 4.78 is 0. The molecule has 0 heterocycles. The first-order chi connectivity index (χ1) is 8.34. The predicted octanol–water partition coefficient (Wildman–Crippen LogP) is 3.66. The Morgan fingerprint density at radius 2 is 1.61 bits per heavy atom. The topological polar surface area (TPSA) is 57.5 Å². The second kappa shape index (κ2) is 5.89. The van der Waals surface area contributed by atoms with E-state index in [2.05, 4.69) is 0 Å². The Balaban J connectivity index is 3.22. The smallest absolute Gasteiger partial charge is 0.303 e. The number of hydrogen-bond acceptors (Lipinski definition) is 2. The fourth-order valence-corrected chi connectivity index (χ4v) is 2.17. The number of carbonyl (C=O) groups is 1. The molecular weight excluding hydrogens is 228 g/mol. The fourth-order valence-electron chi connectivity index (χ4n) is 2.17. The Morgan fingerprint density at radius 1 is 1.11 bits per heavy atom. The van der Waals surface area contributed by atoms with Crippen LogP contribution in [0.25, 0.3) is 0 Å². The van der Waals surface area contributed by atoms with Crippen LogP contribution in [0.4, 0.5) is 0 Å². The van der Waals surface area contributed by atoms with Crippen molar-refractivity contribution in [2.24, 2.45) is 0 Å². The highest BCUT2D eigenvalue weighted by atomic mass is 16.4. The van der Waals surface area contributed by atoms with Gasteiger partial charge in [-0.3, -0.25) is 4.79 Å². The normalized spacial score (nSPS) is 11.2. The molecule has 0 aliphatic heterocycles. The number of benzene rings is 1. The van der Waals surface area contributed by atoms with E-state index in [4.69, 9.17) is 5.11 Å². The predicted molar refractivity (Wildman–Crippen MR) is 72.2 cm³/mol. The van der Waals surface area contributed by atoms with Gasteiger partial charge in [-0.15, -0.1) is 0 Å². The van der Waals surface area contributed by atoms with Crippen LogP contribution in [-0.4, -0.2) is 16.2 Å². The van der Waals surface area contributed by atoms with Crippen molar-refractivity contribution in [3.8, 4) is 5.75 Å². The molecule has 3 nitrogen and oxygen atoms in total. The zero-order chi connectivity index (χ0) is 13.9. The summed E-state index contributed by atoms with van der Waals surface area (Å²) >= 11 is 0. The summed E-state index contributed by atoms with van der Waals surface area (Å²) in [6.45, 7) is 8.14. The summed E-state index contributed by atoms with van der Waals surface area (Å²) in [7, 11) is 0. The number of phenols is 1. The van der Waals surface area contributed by atoms with E-state index >= 15 is 0 Å². The zero-order valence-electron chi connectivity index (χ0n) is 11.5. The van der Waals surface area contributed by atoms with Gasteiger partial charge < -0.3 is 10.2 Å². The number of rotatable bonds is 5. The van der Waals surface area contributed by atoms with E-state index in [1.165, 1.54) is 0 Å². The van der Waals surface area contributed by atoms with Crippen LogP contribution in [0, 0.1) is 0 Å². The molecule has 1 aromatic carbocycles. The van der Waals surface area contributed by atoms with Gasteiger partial charge in [-0.1, -0.05) is 39.8 Å². The highest BCUT2D eigenvalue weighted by Gasteiger charge is 2.17. The first-order valence-corrected chi connectivity index (χ1v) is 6.41. The van der Waals surface area contributed by atoms with Gasteiger partial charge >= 0.3 is 5.97 Å². The Morgan fingerprint density at radius 3 is 2.06 bits per heavy atom. The Kier molecular flexibility index (Phi) is 4.76. The van der Waals surface area contributed by atoms with Crippen LogP contribution in [0.5, 0.6) is 5.75 Å². The standard InChI is InChI=1S/C15H22O3/c1-9(2)11-5-6-12(10(3)4)15(18)13(11)7-8-14(16)17/h5-6,9-10,18H,7-8H2,1-4H3,(H,16,17). The van der Waals surface area contributed by atoms with Crippen molar-refractivity contribution < 1.29 is 15.0 Å². The van der Waals surface area contributed by atoms with Gasteiger partial charge in [0, 0.05) is 6.42 Å². The van der Waals surface area contributed by atoms with Crippen LogP contribution in [-0.2, 0) is 11.2 Å². The summed E-state index contributed by atoms with van der Waals surface area (Å²) in [6, 6.07) is 3.95. The summed E-state index contributed by atoms with van der Waals surface area (Å²) in [5, 5.41) is 19.1. The second-order valence-electron chi connectivity index (χ2n) is 5.27. The maximum absolute atomic E-state index is 10.7. The van der Waals surface area contributed by atoms with E-state index in [1.807, 2.05) is 39.8 Å². The van der Waals surface area contributed by atoms with Crippen LogP contribution in [0.3, 0.4) is 0 Å². The molecule has 100 valence electrons. The third-order valence-electron chi connectivity index (χ3n) is 3.18. The van der Waals surface area contributed by atoms with Crippen molar-refractivity contribution >= 4 is 5.97 Å². The average Bonchev–Trinajstić information content (AvgIpc) is 2.25. The third kappa shape index (κ3) is 3.25. The summed E-state index contributed by atoms with van der Waals surface area (Å²) in [5.74, 6) is -0.0489. The minimum atomic E-state index is -0.834. The zero-order valence-corrected chi connectivity index (χ0v) is 11.5. The number of aromatic hydroxyl groups is 1. The first kappa shape index (κ1) is 14.6.